The molecular weight excluding hydrogens is 385 g/mol. The van der Waals surface area contributed by atoms with Gasteiger partial charge in [-0.05, 0) is 50.5 Å². The molecule has 0 aromatic heterocycles. The quantitative estimate of drug-likeness (QED) is 0.705. The van der Waals surface area contributed by atoms with Crippen LogP contribution in [0.25, 0.3) is 0 Å². The van der Waals surface area contributed by atoms with Gasteiger partial charge in [-0.25, -0.2) is 4.39 Å². The molecule has 0 N–H and O–H groups in total. The van der Waals surface area contributed by atoms with Crippen LogP contribution in [0.3, 0.4) is 0 Å². The molecule has 30 heavy (non-hydrogen) atoms. The third-order valence-corrected chi connectivity index (χ3v) is 7.19. The van der Waals surface area contributed by atoms with Gasteiger partial charge in [0.15, 0.2) is 0 Å². The third kappa shape index (κ3) is 4.31. The molecule has 0 radical (unpaired) electrons. The fourth-order valence-electron chi connectivity index (χ4n) is 5.18. The van der Waals surface area contributed by atoms with Crippen LogP contribution < -0.4 is 4.90 Å². The van der Waals surface area contributed by atoms with E-state index in [0.717, 1.165) is 44.7 Å². The van der Waals surface area contributed by atoms with Crippen LogP contribution in [-0.4, -0.2) is 73.1 Å². The number of esters is 1. The van der Waals surface area contributed by atoms with Gasteiger partial charge < -0.3 is 14.5 Å². The molecule has 0 aliphatic carbocycles. The Hall–Kier alpha value is -2.15. The first kappa shape index (κ1) is 21.1. The summed E-state index contributed by atoms with van der Waals surface area (Å²) < 4.78 is 18.9. The highest BCUT2D eigenvalue weighted by Gasteiger charge is 2.50. The summed E-state index contributed by atoms with van der Waals surface area (Å²) in [5.41, 5.74) is 0.676. The van der Waals surface area contributed by atoms with Crippen molar-refractivity contribution in [3.8, 4) is 0 Å². The van der Waals surface area contributed by atoms with Gasteiger partial charge in [0.1, 0.15) is 11.9 Å². The van der Waals surface area contributed by atoms with Crippen molar-refractivity contribution in [3.63, 3.8) is 0 Å². The Morgan fingerprint density at radius 1 is 1.17 bits per heavy atom. The van der Waals surface area contributed by atoms with Gasteiger partial charge in [0.25, 0.3) is 0 Å². The molecule has 4 rings (SSSR count). The van der Waals surface area contributed by atoms with Gasteiger partial charge in [-0.1, -0.05) is 0 Å². The van der Waals surface area contributed by atoms with E-state index < -0.39 is 0 Å². The van der Waals surface area contributed by atoms with Gasteiger partial charge in [0.2, 0.25) is 5.91 Å². The van der Waals surface area contributed by atoms with Crippen LogP contribution in [0, 0.1) is 11.2 Å². The summed E-state index contributed by atoms with van der Waals surface area (Å²) in [6.07, 6.45) is 3.04. The zero-order chi connectivity index (χ0) is 21.3. The number of ether oxygens (including phenoxy) is 1. The van der Waals surface area contributed by atoms with Crippen molar-refractivity contribution in [3.05, 3.63) is 30.1 Å². The van der Waals surface area contributed by atoms with Crippen molar-refractivity contribution in [2.45, 2.75) is 51.7 Å². The third-order valence-electron chi connectivity index (χ3n) is 7.19. The summed E-state index contributed by atoms with van der Waals surface area (Å²) in [6.45, 7) is 8.77. The number of benzene rings is 1. The maximum atomic E-state index is 13.2. The molecule has 3 fully saturated rings. The van der Waals surface area contributed by atoms with E-state index in [1.165, 1.54) is 12.1 Å². The van der Waals surface area contributed by atoms with E-state index in [4.69, 9.17) is 4.74 Å². The molecule has 3 heterocycles. The van der Waals surface area contributed by atoms with Crippen LogP contribution in [0.15, 0.2) is 24.3 Å². The smallest absolute Gasteiger partial charge is 0.312 e. The number of hydrogen-bond acceptors (Lipinski definition) is 5. The Morgan fingerprint density at radius 3 is 2.50 bits per heavy atom. The standard InChI is InChI=1S/C23H32FN3O3/c1-17-16-27(20-5-3-19(24)4-6-20)14-13-25(17)10-7-21-15-23(22(29)30-21)8-11-26(12-9-23)18(2)28/h3-6,17,21H,7-16H2,1-2H3/t17-,21-/m0/s1. The molecule has 6 nitrogen and oxygen atoms in total. The van der Waals surface area contributed by atoms with Crippen LogP contribution in [0.2, 0.25) is 0 Å². The monoisotopic (exact) mass is 417 g/mol. The van der Waals surface area contributed by atoms with Crippen molar-refractivity contribution in [2.24, 2.45) is 5.41 Å². The van der Waals surface area contributed by atoms with Gasteiger partial charge in [-0.15, -0.1) is 0 Å². The summed E-state index contributed by atoms with van der Waals surface area (Å²) in [6, 6.07) is 7.09. The summed E-state index contributed by atoms with van der Waals surface area (Å²) in [5, 5.41) is 0. The van der Waals surface area contributed by atoms with Crippen molar-refractivity contribution in [2.75, 3.05) is 44.2 Å². The predicted octanol–water partition coefficient (Wildman–Crippen LogP) is 2.67. The summed E-state index contributed by atoms with van der Waals surface area (Å²) in [4.78, 5) is 30.8. The summed E-state index contributed by atoms with van der Waals surface area (Å²) in [5.74, 6) is -0.187. The fraction of sp³-hybridized carbons (Fsp3) is 0.652. The number of halogens is 1. The number of carbonyl (C=O) groups is 2. The summed E-state index contributed by atoms with van der Waals surface area (Å²) >= 11 is 0. The maximum absolute atomic E-state index is 13.2. The number of hydrogen-bond donors (Lipinski definition) is 0. The zero-order valence-corrected chi connectivity index (χ0v) is 18.0. The Morgan fingerprint density at radius 2 is 1.87 bits per heavy atom. The van der Waals surface area contributed by atoms with E-state index in [1.54, 1.807) is 6.92 Å². The van der Waals surface area contributed by atoms with Gasteiger partial charge in [0, 0.05) is 64.3 Å². The first-order chi connectivity index (χ1) is 14.4. The number of piperidine rings is 1. The number of cyclic esters (lactones) is 1. The second-order valence-corrected chi connectivity index (χ2v) is 9.11. The average molecular weight is 418 g/mol. The maximum Gasteiger partial charge on any atom is 0.312 e. The number of amides is 1. The van der Waals surface area contributed by atoms with E-state index in [9.17, 15) is 14.0 Å². The molecule has 7 heteroatoms. The van der Waals surface area contributed by atoms with Crippen LogP contribution >= 0.6 is 0 Å². The first-order valence-electron chi connectivity index (χ1n) is 11.1. The number of likely N-dealkylation sites (tertiary alicyclic amines) is 1. The van der Waals surface area contributed by atoms with Crippen molar-refractivity contribution < 1.29 is 18.7 Å². The van der Waals surface area contributed by atoms with Crippen molar-refractivity contribution in [1.82, 2.24) is 9.80 Å². The minimum atomic E-state index is -0.385. The SMILES string of the molecule is CC(=O)N1CCC2(CC1)C[C@H](CCN1CCN(c3ccc(F)cc3)C[C@@H]1C)OC2=O. The number of rotatable bonds is 4. The second-order valence-electron chi connectivity index (χ2n) is 9.11. The number of anilines is 1. The molecule has 1 aromatic carbocycles. The van der Waals surface area contributed by atoms with E-state index in [-0.39, 0.29) is 29.2 Å². The van der Waals surface area contributed by atoms with Gasteiger partial charge in [0.05, 0.1) is 5.41 Å². The van der Waals surface area contributed by atoms with E-state index in [1.807, 2.05) is 17.0 Å². The molecule has 1 spiro atoms. The minimum Gasteiger partial charge on any atom is -0.462 e. The van der Waals surface area contributed by atoms with E-state index in [2.05, 4.69) is 16.7 Å². The predicted molar refractivity (Wildman–Crippen MR) is 113 cm³/mol. The second kappa shape index (κ2) is 8.53. The Bertz CT molecular complexity index is 776. The minimum absolute atomic E-state index is 0.0243. The Balaban J connectivity index is 1.26. The van der Waals surface area contributed by atoms with Crippen molar-refractivity contribution >= 4 is 17.6 Å². The normalized spacial score (nSPS) is 26.8. The number of carbonyl (C=O) groups excluding carboxylic acids is 2. The van der Waals surface area contributed by atoms with Gasteiger partial charge in [-0.3, -0.25) is 14.5 Å². The Kier molecular flexibility index (Phi) is 6.00. The number of piperazine rings is 1. The first-order valence-corrected chi connectivity index (χ1v) is 11.1. The molecule has 2 atom stereocenters. The lowest BCUT2D eigenvalue weighted by Gasteiger charge is -2.41. The van der Waals surface area contributed by atoms with Crippen LogP contribution in [0.5, 0.6) is 0 Å². The van der Waals surface area contributed by atoms with Gasteiger partial charge >= 0.3 is 5.97 Å². The highest BCUT2D eigenvalue weighted by molar-refractivity contribution is 5.80. The van der Waals surface area contributed by atoms with Crippen LogP contribution in [0.1, 0.15) is 39.5 Å². The highest BCUT2D eigenvalue weighted by Crippen LogP contribution is 2.44. The largest absolute Gasteiger partial charge is 0.462 e. The van der Waals surface area contributed by atoms with Crippen LogP contribution in [-0.2, 0) is 14.3 Å². The molecule has 0 saturated carbocycles. The molecule has 0 bridgehead atoms. The lowest BCUT2D eigenvalue weighted by molar-refractivity contribution is -0.152. The fourth-order valence-corrected chi connectivity index (χ4v) is 5.18. The average Bonchev–Trinajstić information content (AvgIpc) is 3.03. The van der Waals surface area contributed by atoms with E-state index >= 15 is 0 Å². The molecule has 3 aliphatic rings. The Labute approximate surface area is 177 Å². The molecule has 164 valence electrons. The lowest BCUT2D eigenvalue weighted by atomic mass is 9.75. The molecule has 3 saturated heterocycles. The lowest BCUT2D eigenvalue weighted by Crippen LogP contribution is -2.52. The molecular formula is C23H32FN3O3. The molecule has 1 aromatic rings. The highest BCUT2D eigenvalue weighted by atomic mass is 19.1. The van der Waals surface area contributed by atoms with Crippen molar-refractivity contribution in [1.29, 1.82) is 0 Å². The van der Waals surface area contributed by atoms with E-state index in [0.29, 0.717) is 32.0 Å². The zero-order valence-electron chi connectivity index (χ0n) is 18.0. The molecule has 1 amide bonds. The molecule has 0 unspecified atom stereocenters. The summed E-state index contributed by atoms with van der Waals surface area (Å²) in [7, 11) is 0. The van der Waals surface area contributed by atoms with Crippen LogP contribution in [0.4, 0.5) is 10.1 Å². The number of nitrogens with zero attached hydrogens (tertiary/aromatic N) is 3. The topological polar surface area (TPSA) is 53.1 Å². The van der Waals surface area contributed by atoms with Gasteiger partial charge in [-0.2, -0.15) is 0 Å². The molecule has 3 aliphatic heterocycles.